The van der Waals surface area contributed by atoms with Crippen LogP contribution in [0.15, 0.2) is 21.3 Å². The van der Waals surface area contributed by atoms with Gasteiger partial charge in [-0.05, 0) is 29.3 Å². The van der Waals surface area contributed by atoms with E-state index in [9.17, 15) is 0 Å². The van der Waals surface area contributed by atoms with Gasteiger partial charge >= 0.3 is 0 Å². The van der Waals surface area contributed by atoms with Crippen molar-refractivity contribution >= 4 is 11.3 Å². The number of nitrogens with two attached hydrogens (primary N) is 1. The van der Waals surface area contributed by atoms with Crippen LogP contribution in [0.2, 0.25) is 0 Å². The van der Waals surface area contributed by atoms with E-state index in [2.05, 4.69) is 21.6 Å². The maximum atomic E-state index is 5.40. The van der Waals surface area contributed by atoms with E-state index in [4.69, 9.17) is 10.3 Å². The summed E-state index contributed by atoms with van der Waals surface area (Å²) in [7, 11) is 0. The minimum absolute atomic E-state index is 0.147. The third kappa shape index (κ3) is 1.69. The van der Waals surface area contributed by atoms with Crippen molar-refractivity contribution < 1.29 is 4.52 Å². The van der Waals surface area contributed by atoms with E-state index in [0.29, 0.717) is 18.3 Å². The summed E-state index contributed by atoms with van der Waals surface area (Å²) in [4.78, 5) is 4.19. The van der Waals surface area contributed by atoms with E-state index in [1.54, 1.807) is 11.3 Å². The van der Waals surface area contributed by atoms with Crippen LogP contribution in [0.1, 0.15) is 30.1 Å². The summed E-state index contributed by atoms with van der Waals surface area (Å²) >= 11 is 1.66. The molecule has 2 aromatic heterocycles. The van der Waals surface area contributed by atoms with Crippen molar-refractivity contribution in [3.63, 3.8) is 0 Å². The molecule has 0 fully saturated rings. The highest BCUT2D eigenvalue weighted by Crippen LogP contribution is 2.24. The largest absolute Gasteiger partial charge is 0.339 e. The van der Waals surface area contributed by atoms with Gasteiger partial charge in [0.05, 0.1) is 12.5 Å². The lowest BCUT2D eigenvalue weighted by Crippen LogP contribution is -1.99. The first-order valence-corrected chi connectivity index (χ1v) is 5.30. The van der Waals surface area contributed by atoms with Crippen LogP contribution in [0.25, 0.3) is 0 Å². The fourth-order valence-electron chi connectivity index (χ4n) is 1.19. The van der Waals surface area contributed by atoms with Crippen LogP contribution < -0.4 is 5.73 Å². The molecule has 14 heavy (non-hydrogen) atoms. The highest BCUT2D eigenvalue weighted by atomic mass is 32.1. The lowest BCUT2D eigenvalue weighted by molar-refractivity contribution is 0.366. The Bertz CT molecular complexity index is 396. The van der Waals surface area contributed by atoms with Crippen LogP contribution >= 0.6 is 11.3 Å². The predicted octanol–water partition coefficient (Wildman–Crippen LogP) is 1.74. The summed E-state index contributed by atoms with van der Waals surface area (Å²) in [5.41, 5.74) is 6.60. The molecule has 2 N–H and O–H groups in total. The summed E-state index contributed by atoms with van der Waals surface area (Å²) in [5, 5.41) is 7.87. The Morgan fingerprint density at radius 3 is 3.07 bits per heavy atom. The van der Waals surface area contributed by atoms with E-state index in [-0.39, 0.29) is 5.92 Å². The summed E-state index contributed by atoms with van der Waals surface area (Å²) in [5.74, 6) is 1.33. The molecule has 5 heteroatoms. The highest BCUT2D eigenvalue weighted by molar-refractivity contribution is 7.07. The van der Waals surface area contributed by atoms with E-state index < -0.39 is 0 Å². The Balaban J connectivity index is 2.23. The molecule has 1 unspecified atom stereocenters. The summed E-state index contributed by atoms with van der Waals surface area (Å²) < 4.78 is 5.10. The normalized spacial score (nSPS) is 13.0. The second kappa shape index (κ2) is 3.89. The van der Waals surface area contributed by atoms with Gasteiger partial charge in [0, 0.05) is 0 Å². The first-order chi connectivity index (χ1) is 6.81. The average molecular weight is 209 g/mol. The van der Waals surface area contributed by atoms with Crippen LogP contribution in [-0.2, 0) is 6.54 Å². The lowest BCUT2D eigenvalue weighted by atomic mass is 10.1. The van der Waals surface area contributed by atoms with Gasteiger partial charge in [0.25, 0.3) is 0 Å². The van der Waals surface area contributed by atoms with Crippen LogP contribution in [0.4, 0.5) is 0 Å². The minimum atomic E-state index is 0.147. The van der Waals surface area contributed by atoms with Gasteiger partial charge in [-0.15, -0.1) is 0 Å². The van der Waals surface area contributed by atoms with Crippen molar-refractivity contribution in [2.45, 2.75) is 19.4 Å². The number of nitrogens with zero attached hydrogens (tertiary/aromatic N) is 2. The molecule has 0 bridgehead atoms. The van der Waals surface area contributed by atoms with Crippen LogP contribution in [0, 0.1) is 0 Å². The fourth-order valence-corrected chi connectivity index (χ4v) is 1.94. The first-order valence-electron chi connectivity index (χ1n) is 4.36. The maximum absolute atomic E-state index is 5.40. The SMILES string of the molecule is CC(c1ccsc1)c1nc(CN)no1. The molecule has 2 rings (SSSR count). The minimum Gasteiger partial charge on any atom is -0.339 e. The standard InChI is InChI=1S/C9H11N3OS/c1-6(7-2-3-14-5-7)9-11-8(4-10)12-13-9/h2-3,5-6H,4,10H2,1H3. The van der Waals surface area contributed by atoms with Gasteiger partial charge in [-0.25, -0.2) is 0 Å². The van der Waals surface area contributed by atoms with Gasteiger partial charge in [0.2, 0.25) is 5.89 Å². The summed E-state index contributed by atoms with van der Waals surface area (Å²) in [6.07, 6.45) is 0. The van der Waals surface area contributed by atoms with Gasteiger partial charge in [-0.2, -0.15) is 16.3 Å². The lowest BCUT2D eigenvalue weighted by Gasteiger charge is -2.01. The first kappa shape index (κ1) is 9.36. The Morgan fingerprint density at radius 1 is 1.64 bits per heavy atom. The maximum Gasteiger partial charge on any atom is 0.233 e. The van der Waals surface area contributed by atoms with Crippen molar-refractivity contribution in [3.8, 4) is 0 Å². The smallest absolute Gasteiger partial charge is 0.233 e. The summed E-state index contributed by atoms with van der Waals surface area (Å²) in [6, 6.07) is 2.06. The van der Waals surface area contributed by atoms with Gasteiger partial charge in [-0.3, -0.25) is 0 Å². The van der Waals surface area contributed by atoms with Crippen molar-refractivity contribution in [3.05, 3.63) is 34.1 Å². The second-order valence-corrected chi connectivity index (χ2v) is 3.81. The zero-order chi connectivity index (χ0) is 9.97. The van der Waals surface area contributed by atoms with E-state index >= 15 is 0 Å². The summed E-state index contributed by atoms with van der Waals surface area (Å²) in [6.45, 7) is 2.36. The predicted molar refractivity (Wildman–Crippen MR) is 54.0 cm³/mol. The molecule has 0 aromatic carbocycles. The molecule has 0 spiro atoms. The highest BCUT2D eigenvalue weighted by Gasteiger charge is 2.15. The molecule has 0 radical (unpaired) electrons. The van der Waals surface area contributed by atoms with E-state index in [1.165, 1.54) is 5.56 Å². The molecular formula is C9H11N3OS. The molecule has 1 atom stereocenters. The molecular weight excluding hydrogens is 198 g/mol. The Morgan fingerprint density at radius 2 is 2.50 bits per heavy atom. The quantitative estimate of drug-likeness (QED) is 0.836. The zero-order valence-corrected chi connectivity index (χ0v) is 8.62. The van der Waals surface area contributed by atoms with Crippen molar-refractivity contribution in [1.82, 2.24) is 10.1 Å². The molecule has 0 aliphatic carbocycles. The molecule has 0 aliphatic rings. The van der Waals surface area contributed by atoms with Crippen LogP contribution in [0.5, 0.6) is 0 Å². The molecule has 2 aromatic rings. The Labute approximate surface area is 85.7 Å². The van der Waals surface area contributed by atoms with Crippen molar-refractivity contribution in [2.75, 3.05) is 0 Å². The Hall–Kier alpha value is -1.20. The average Bonchev–Trinajstić information content (AvgIpc) is 2.88. The monoisotopic (exact) mass is 209 g/mol. The molecule has 0 saturated carbocycles. The van der Waals surface area contributed by atoms with E-state index in [0.717, 1.165) is 0 Å². The molecule has 4 nitrogen and oxygen atoms in total. The number of hydrogen-bond donors (Lipinski definition) is 1. The third-order valence-corrected chi connectivity index (χ3v) is 2.78. The van der Waals surface area contributed by atoms with Crippen molar-refractivity contribution in [2.24, 2.45) is 5.73 Å². The van der Waals surface area contributed by atoms with Crippen LogP contribution in [-0.4, -0.2) is 10.1 Å². The number of hydrogen-bond acceptors (Lipinski definition) is 5. The van der Waals surface area contributed by atoms with Gasteiger partial charge < -0.3 is 10.3 Å². The Kier molecular flexibility index (Phi) is 2.60. The van der Waals surface area contributed by atoms with Gasteiger partial charge in [0.1, 0.15) is 0 Å². The zero-order valence-electron chi connectivity index (χ0n) is 7.80. The molecule has 74 valence electrons. The van der Waals surface area contributed by atoms with Gasteiger partial charge in [0.15, 0.2) is 5.82 Å². The number of rotatable bonds is 3. The molecule has 0 saturated heterocycles. The second-order valence-electron chi connectivity index (χ2n) is 3.03. The van der Waals surface area contributed by atoms with E-state index in [1.807, 2.05) is 12.3 Å². The molecule has 2 heterocycles. The topological polar surface area (TPSA) is 64.9 Å². The van der Waals surface area contributed by atoms with Crippen LogP contribution in [0.3, 0.4) is 0 Å². The number of aromatic nitrogens is 2. The third-order valence-electron chi connectivity index (χ3n) is 2.08. The van der Waals surface area contributed by atoms with Gasteiger partial charge in [-0.1, -0.05) is 5.16 Å². The molecule has 0 amide bonds. The fraction of sp³-hybridized carbons (Fsp3) is 0.333. The molecule has 0 aliphatic heterocycles. The van der Waals surface area contributed by atoms with Crippen molar-refractivity contribution in [1.29, 1.82) is 0 Å². The number of thiophene rings is 1.